The largest absolute Gasteiger partial charge is 0.333 e. The molecular weight excluding hydrogens is 488 g/mol. The Hall–Kier alpha value is -4.17. The van der Waals surface area contributed by atoms with Crippen LogP contribution in [0.5, 0.6) is 0 Å². The topological polar surface area (TPSA) is 83.7 Å². The highest BCUT2D eigenvalue weighted by Crippen LogP contribution is 2.35. The predicted octanol–water partition coefficient (Wildman–Crippen LogP) is 4.13. The van der Waals surface area contributed by atoms with Gasteiger partial charge in [0.2, 0.25) is 17.7 Å². The molecule has 0 spiro atoms. The van der Waals surface area contributed by atoms with Gasteiger partial charge in [-0.25, -0.2) is 8.78 Å². The number of hydrogen-bond donors (Lipinski definition) is 1. The molecule has 1 aliphatic heterocycles. The van der Waals surface area contributed by atoms with Crippen LogP contribution in [0.1, 0.15) is 35.6 Å². The lowest BCUT2D eigenvalue weighted by molar-refractivity contribution is -0.155. The van der Waals surface area contributed by atoms with Gasteiger partial charge < -0.3 is 10.6 Å². The molecule has 4 rings (SSSR count). The maximum Gasteiger partial charge on any atom is 0.247 e. The number of amides is 3. The summed E-state index contributed by atoms with van der Waals surface area (Å²) in [6.07, 6.45) is 3.22. The minimum absolute atomic E-state index is 0.0402. The van der Waals surface area contributed by atoms with Gasteiger partial charge in [0.05, 0.1) is 18.5 Å². The molecule has 0 aromatic heterocycles. The van der Waals surface area contributed by atoms with E-state index in [4.69, 9.17) is 5.73 Å². The Labute approximate surface area is 220 Å². The van der Waals surface area contributed by atoms with Crippen molar-refractivity contribution in [3.63, 3.8) is 0 Å². The van der Waals surface area contributed by atoms with E-state index in [0.717, 1.165) is 28.2 Å². The molecule has 3 aromatic carbocycles. The Bertz CT molecular complexity index is 1330. The van der Waals surface area contributed by atoms with Gasteiger partial charge in [-0.3, -0.25) is 19.3 Å². The van der Waals surface area contributed by atoms with Crippen LogP contribution in [0.3, 0.4) is 0 Å². The van der Waals surface area contributed by atoms with Gasteiger partial charge in [-0.15, -0.1) is 0 Å². The van der Waals surface area contributed by atoms with Crippen molar-refractivity contribution in [3.8, 4) is 0 Å². The third kappa shape index (κ3) is 5.70. The first kappa shape index (κ1) is 26.9. The van der Waals surface area contributed by atoms with Crippen LogP contribution in [-0.2, 0) is 20.8 Å². The Morgan fingerprint density at radius 3 is 2.03 bits per heavy atom. The zero-order valence-corrected chi connectivity index (χ0v) is 21.1. The van der Waals surface area contributed by atoms with Crippen LogP contribution in [0.25, 0.3) is 0 Å². The van der Waals surface area contributed by atoms with Crippen LogP contribution < -0.4 is 5.73 Å². The summed E-state index contributed by atoms with van der Waals surface area (Å²) in [5, 5.41) is 0. The predicted molar refractivity (Wildman–Crippen MR) is 140 cm³/mol. The quantitative estimate of drug-likeness (QED) is 0.499. The number of likely N-dealkylation sites (N-methyl/N-ethyl adjacent to an activating group) is 1. The number of halogens is 2. The highest BCUT2D eigenvalue weighted by atomic mass is 19.1. The summed E-state index contributed by atoms with van der Waals surface area (Å²) in [5.41, 5.74) is 7.56. The maximum atomic E-state index is 14.1. The van der Waals surface area contributed by atoms with E-state index in [0.29, 0.717) is 6.07 Å². The number of nitrogens with two attached hydrogens (primary N) is 1. The van der Waals surface area contributed by atoms with Crippen LogP contribution in [0.15, 0.2) is 91.0 Å². The van der Waals surface area contributed by atoms with Crippen LogP contribution in [0.2, 0.25) is 0 Å². The molecule has 38 heavy (non-hydrogen) atoms. The fourth-order valence-corrected chi connectivity index (χ4v) is 4.79. The summed E-state index contributed by atoms with van der Waals surface area (Å²) in [5.74, 6) is -4.39. The Kier molecular flexibility index (Phi) is 8.12. The van der Waals surface area contributed by atoms with Gasteiger partial charge in [0.1, 0.15) is 17.7 Å². The van der Waals surface area contributed by atoms with Gasteiger partial charge >= 0.3 is 0 Å². The fourth-order valence-electron chi connectivity index (χ4n) is 4.79. The minimum Gasteiger partial charge on any atom is -0.333 e. The van der Waals surface area contributed by atoms with E-state index in [1.807, 2.05) is 72.8 Å². The van der Waals surface area contributed by atoms with Crippen molar-refractivity contribution >= 4 is 17.7 Å². The lowest BCUT2D eigenvalue weighted by atomic mass is 9.88. The monoisotopic (exact) mass is 517 g/mol. The molecule has 1 heterocycles. The summed E-state index contributed by atoms with van der Waals surface area (Å²) in [6.45, 7) is 1.43. The number of hydrogen-bond acceptors (Lipinski definition) is 4. The Morgan fingerprint density at radius 2 is 1.47 bits per heavy atom. The number of nitrogens with zero attached hydrogens (tertiary/aromatic N) is 2. The zero-order valence-electron chi connectivity index (χ0n) is 21.1. The number of imide groups is 1. The van der Waals surface area contributed by atoms with Crippen molar-refractivity contribution in [3.05, 3.63) is 119 Å². The third-order valence-corrected chi connectivity index (χ3v) is 6.64. The molecule has 4 atom stereocenters. The molecule has 0 radical (unpaired) electrons. The number of carbonyl (C=O) groups is 3. The van der Waals surface area contributed by atoms with Crippen molar-refractivity contribution in [1.82, 2.24) is 9.80 Å². The van der Waals surface area contributed by atoms with Crippen molar-refractivity contribution in [2.75, 3.05) is 7.05 Å². The van der Waals surface area contributed by atoms with Crippen LogP contribution in [-0.4, -0.2) is 46.7 Å². The molecule has 0 aliphatic carbocycles. The van der Waals surface area contributed by atoms with Gasteiger partial charge in [0.15, 0.2) is 0 Å². The van der Waals surface area contributed by atoms with E-state index in [2.05, 4.69) is 0 Å². The first-order valence-electron chi connectivity index (χ1n) is 12.3. The molecule has 1 aliphatic rings. The highest BCUT2D eigenvalue weighted by molar-refractivity contribution is 6.03. The van der Waals surface area contributed by atoms with Gasteiger partial charge in [-0.1, -0.05) is 72.8 Å². The molecule has 196 valence electrons. The summed E-state index contributed by atoms with van der Waals surface area (Å²) >= 11 is 0. The van der Waals surface area contributed by atoms with Crippen LogP contribution >= 0.6 is 0 Å². The highest BCUT2D eigenvalue weighted by Gasteiger charge is 2.44. The van der Waals surface area contributed by atoms with Gasteiger partial charge in [0.25, 0.3) is 0 Å². The first-order valence-corrected chi connectivity index (χ1v) is 12.3. The van der Waals surface area contributed by atoms with Crippen LogP contribution in [0.4, 0.5) is 8.78 Å². The van der Waals surface area contributed by atoms with E-state index in [1.54, 1.807) is 7.05 Å². The molecule has 3 amide bonds. The lowest BCUT2D eigenvalue weighted by Gasteiger charge is -2.36. The maximum absolute atomic E-state index is 14.1. The van der Waals surface area contributed by atoms with Gasteiger partial charge in [-0.05, 0) is 35.7 Å². The van der Waals surface area contributed by atoms with Gasteiger partial charge in [0, 0.05) is 19.0 Å². The van der Waals surface area contributed by atoms with Crippen LogP contribution in [0, 0.1) is 11.6 Å². The standard InChI is InChI=1S/C30H29F2N3O3/c1-19(33)29(37)35(27(36)17-20-15-23(31)18-24(32)16-20)28-25(21-9-5-3-6-10-21)13-14-26(34(2)30(28)38)22-11-7-4-8-12-22/h3-16,18-19,25-26,28H,17,33H2,1-2H3/t19-,25+,26-,28-/m0/s1. The van der Waals surface area contributed by atoms with E-state index in [1.165, 1.54) is 11.8 Å². The molecule has 0 saturated carbocycles. The normalized spacial score (nSPS) is 20.1. The van der Waals surface area contributed by atoms with Crippen molar-refractivity contribution in [1.29, 1.82) is 0 Å². The second-order valence-corrected chi connectivity index (χ2v) is 9.42. The zero-order chi connectivity index (χ0) is 27.4. The van der Waals surface area contributed by atoms with E-state index in [9.17, 15) is 23.2 Å². The van der Waals surface area contributed by atoms with E-state index < -0.39 is 59.8 Å². The summed E-state index contributed by atoms with van der Waals surface area (Å²) in [7, 11) is 1.62. The lowest BCUT2D eigenvalue weighted by Crippen LogP contribution is -2.58. The second kappa shape index (κ2) is 11.5. The van der Waals surface area contributed by atoms with Gasteiger partial charge in [-0.2, -0.15) is 0 Å². The van der Waals surface area contributed by atoms with E-state index >= 15 is 0 Å². The number of benzene rings is 3. The summed E-state index contributed by atoms with van der Waals surface area (Å²) in [6, 6.07) is 18.4. The number of rotatable bonds is 6. The fraction of sp³-hybridized carbons (Fsp3) is 0.233. The molecule has 0 unspecified atom stereocenters. The molecule has 0 bridgehead atoms. The molecule has 8 heteroatoms. The molecule has 3 aromatic rings. The molecule has 0 saturated heterocycles. The average molecular weight is 518 g/mol. The average Bonchev–Trinajstić information content (AvgIpc) is 3.01. The summed E-state index contributed by atoms with van der Waals surface area (Å²) < 4.78 is 27.7. The second-order valence-electron chi connectivity index (χ2n) is 9.42. The van der Waals surface area contributed by atoms with E-state index in [-0.39, 0.29) is 5.56 Å². The first-order chi connectivity index (χ1) is 18.2. The van der Waals surface area contributed by atoms with Crippen molar-refractivity contribution < 1.29 is 23.2 Å². The molecule has 0 fully saturated rings. The molecule has 2 N–H and O–H groups in total. The Balaban J connectivity index is 1.82. The molecular formula is C30H29F2N3O3. The summed E-state index contributed by atoms with van der Waals surface area (Å²) in [4.78, 5) is 43.6. The minimum atomic E-state index is -1.27. The van der Waals surface area contributed by atoms with Crippen molar-refractivity contribution in [2.24, 2.45) is 5.73 Å². The smallest absolute Gasteiger partial charge is 0.247 e. The molecule has 6 nitrogen and oxygen atoms in total. The third-order valence-electron chi connectivity index (χ3n) is 6.64. The number of carbonyl (C=O) groups excluding carboxylic acids is 3. The SMILES string of the molecule is C[C@H](N)C(=O)N(C(=O)Cc1cc(F)cc(F)c1)[C@@H]1C(=O)N(C)[C@H](c2ccccc2)C=C[C@@H]1c1ccccc1. The Morgan fingerprint density at radius 1 is 0.921 bits per heavy atom. The van der Waals surface area contributed by atoms with Crippen molar-refractivity contribution in [2.45, 2.75) is 37.4 Å².